The van der Waals surface area contributed by atoms with Crippen molar-refractivity contribution in [1.29, 1.82) is 0 Å². The highest BCUT2D eigenvalue weighted by atomic mass is 16.4. The topological polar surface area (TPSA) is 78.4 Å². The molecular formula is C16H22N2O3. The Morgan fingerprint density at radius 3 is 2.57 bits per heavy atom. The van der Waals surface area contributed by atoms with E-state index in [0.29, 0.717) is 6.54 Å². The molecule has 5 nitrogen and oxygen atoms in total. The zero-order chi connectivity index (χ0) is 15.5. The maximum Gasteiger partial charge on any atom is 0.319 e. The Kier molecular flexibility index (Phi) is 4.50. The van der Waals surface area contributed by atoms with Crippen molar-refractivity contribution in [3.63, 3.8) is 0 Å². The summed E-state index contributed by atoms with van der Waals surface area (Å²) in [6.45, 7) is 4.37. The molecule has 3 N–H and O–H groups in total. The molecule has 1 aromatic carbocycles. The third kappa shape index (κ3) is 3.74. The molecule has 1 aromatic rings. The van der Waals surface area contributed by atoms with Crippen molar-refractivity contribution in [3.8, 4) is 0 Å². The first kappa shape index (κ1) is 15.4. The van der Waals surface area contributed by atoms with Gasteiger partial charge >= 0.3 is 12.0 Å². The summed E-state index contributed by atoms with van der Waals surface area (Å²) in [6, 6.07) is 5.48. The van der Waals surface area contributed by atoms with E-state index in [2.05, 4.69) is 10.6 Å². The van der Waals surface area contributed by atoms with Gasteiger partial charge in [-0.15, -0.1) is 0 Å². The summed E-state index contributed by atoms with van der Waals surface area (Å²) < 4.78 is 0. The summed E-state index contributed by atoms with van der Waals surface area (Å²) in [5.74, 6) is -0.800. The number of hydrogen-bond acceptors (Lipinski definition) is 2. The second-order valence-electron chi connectivity index (χ2n) is 5.98. The van der Waals surface area contributed by atoms with Gasteiger partial charge in [0.2, 0.25) is 0 Å². The van der Waals surface area contributed by atoms with Gasteiger partial charge in [0.25, 0.3) is 0 Å². The van der Waals surface area contributed by atoms with E-state index in [-0.39, 0.29) is 17.9 Å². The number of urea groups is 1. The van der Waals surface area contributed by atoms with E-state index in [1.165, 1.54) is 0 Å². The molecule has 1 saturated carbocycles. The number of aryl methyl sites for hydroxylation is 1. The lowest BCUT2D eigenvalue weighted by atomic mass is 9.66. The number of benzene rings is 1. The Bertz CT molecular complexity index is 550. The van der Waals surface area contributed by atoms with Gasteiger partial charge in [0.15, 0.2) is 0 Å². The molecule has 1 fully saturated rings. The summed E-state index contributed by atoms with van der Waals surface area (Å²) in [4.78, 5) is 22.9. The highest BCUT2D eigenvalue weighted by molar-refractivity contribution is 5.90. The molecule has 1 aliphatic rings. The van der Waals surface area contributed by atoms with Crippen LogP contribution in [-0.4, -0.2) is 23.7 Å². The normalized spacial score (nSPS) is 15.9. The van der Waals surface area contributed by atoms with Gasteiger partial charge in [-0.2, -0.15) is 0 Å². The van der Waals surface area contributed by atoms with Crippen LogP contribution in [0.2, 0.25) is 0 Å². The third-order valence-corrected chi connectivity index (χ3v) is 4.42. The van der Waals surface area contributed by atoms with Crippen LogP contribution in [0.4, 0.5) is 10.5 Å². The van der Waals surface area contributed by atoms with Crippen molar-refractivity contribution in [2.24, 2.45) is 5.41 Å². The van der Waals surface area contributed by atoms with Gasteiger partial charge in [-0.05, 0) is 49.3 Å². The fourth-order valence-electron chi connectivity index (χ4n) is 2.73. The Hall–Kier alpha value is -2.04. The van der Waals surface area contributed by atoms with Crippen LogP contribution in [0, 0.1) is 19.3 Å². The van der Waals surface area contributed by atoms with Crippen molar-refractivity contribution in [1.82, 2.24) is 5.32 Å². The first-order valence-corrected chi connectivity index (χ1v) is 7.25. The predicted molar refractivity (Wildman–Crippen MR) is 81.5 cm³/mol. The first-order chi connectivity index (χ1) is 9.92. The largest absolute Gasteiger partial charge is 0.481 e. The molecule has 0 radical (unpaired) electrons. The van der Waals surface area contributed by atoms with Gasteiger partial charge in [0.1, 0.15) is 0 Å². The SMILES string of the molecule is Cc1cccc(NC(=O)NCC2(CC(=O)O)CCC2)c1C. The van der Waals surface area contributed by atoms with Crippen LogP contribution in [0.25, 0.3) is 0 Å². The number of anilines is 1. The number of carbonyl (C=O) groups excluding carboxylic acids is 1. The second kappa shape index (κ2) is 6.16. The molecule has 21 heavy (non-hydrogen) atoms. The lowest BCUT2D eigenvalue weighted by molar-refractivity contribution is -0.141. The van der Waals surface area contributed by atoms with E-state index in [4.69, 9.17) is 5.11 Å². The lowest BCUT2D eigenvalue weighted by Gasteiger charge is -2.40. The molecule has 0 heterocycles. The smallest absolute Gasteiger partial charge is 0.319 e. The van der Waals surface area contributed by atoms with Crippen LogP contribution >= 0.6 is 0 Å². The number of carboxylic acid groups (broad SMARTS) is 1. The van der Waals surface area contributed by atoms with Crippen molar-refractivity contribution in [2.45, 2.75) is 39.5 Å². The summed E-state index contributed by atoms with van der Waals surface area (Å²) in [5.41, 5.74) is 2.68. The fourth-order valence-corrected chi connectivity index (χ4v) is 2.73. The number of aliphatic carboxylic acids is 1. The van der Waals surface area contributed by atoms with Gasteiger partial charge in [0.05, 0.1) is 6.42 Å². The molecule has 0 aliphatic heterocycles. The van der Waals surface area contributed by atoms with Crippen molar-refractivity contribution in [2.75, 3.05) is 11.9 Å². The van der Waals surface area contributed by atoms with E-state index in [1.807, 2.05) is 32.0 Å². The second-order valence-corrected chi connectivity index (χ2v) is 5.98. The average Bonchev–Trinajstić information content (AvgIpc) is 2.37. The minimum Gasteiger partial charge on any atom is -0.481 e. The number of nitrogens with one attached hydrogen (secondary N) is 2. The minimum atomic E-state index is -0.800. The van der Waals surface area contributed by atoms with Gasteiger partial charge in [-0.3, -0.25) is 4.79 Å². The summed E-state index contributed by atoms with van der Waals surface area (Å²) in [7, 11) is 0. The number of rotatable bonds is 5. The molecule has 0 saturated heterocycles. The van der Waals surface area contributed by atoms with Crippen molar-refractivity contribution >= 4 is 17.7 Å². The highest BCUT2D eigenvalue weighted by Crippen LogP contribution is 2.43. The molecule has 1 aliphatic carbocycles. The summed E-state index contributed by atoms with van der Waals surface area (Å²) >= 11 is 0. The molecule has 0 spiro atoms. The molecule has 2 amide bonds. The Morgan fingerprint density at radius 1 is 1.29 bits per heavy atom. The van der Waals surface area contributed by atoms with Crippen LogP contribution in [-0.2, 0) is 4.79 Å². The van der Waals surface area contributed by atoms with Crippen LogP contribution in [0.15, 0.2) is 18.2 Å². The van der Waals surface area contributed by atoms with E-state index in [0.717, 1.165) is 36.1 Å². The molecule has 5 heteroatoms. The standard InChI is InChI=1S/C16H22N2O3/c1-11-5-3-6-13(12(11)2)18-15(21)17-10-16(7-4-8-16)9-14(19)20/h3,5-6H,4,7-10H2,1-2H3,(H,19,20)(H2,17,18,21). The molecule has 2 rings (SSSR count). The van der Waals surface area contributed by atoms with E-state index >= 15 is 0 Å². The van der Waals surface area contributed by atoms with E-state index < -0.39 is 5.97 Å². The lowest BCUT2D eigenvalue weighted by Crippen LogP contribution is -2.44. The minimum absolute atomic E-state index is 0.122. The molecule has 114 valence electrons. The fraction of sp³-hybridized carbons (Fsp3) is 0.500. The maximum absolute atomic E-state index is 12.0. The quantitative estimate of drug-likeness (QED) is 0.779. The summed E-state index contributed by atoms with van der Waals surface area (Å²) in [5, 5.41) is 14.6. The van der Waals surface area contributed by atoms with Gasteiger partial charge in [-0.25, -0.2) is 4.79 Å². The van der Waals surface area contributed by atoms with Crippen LogP contribution < -0.4 is 10.6 Å². The van der Waals surface area contributed by atoms with Crippen LogP contribution in [0.1, 0.15) is 36.8 Å². The number of hydrogen-bond donors (Lipinski definition) is 3. The van der Waals surface area contributed by atoms with Crippen LogP contribution in [0.5, 0.6) is 0 Å². The molecule has 0 unspecified atom stereocenters. The molecule has 0 bridgehead atoms. The van der Waals surface area contributed by atoms with Crippen molar-refractivity contribution in [3.05, 3.63) is 29.3 Å². The Morgan fingerprint density at radius 2 is 2.00 bits per heavy atom. The number of carbonyl (C=O) groups is 2. The zero-order valence-electron chi connectivity index (χ0n) is 12.5. The molecular weight excluding hydrogens is 268 g/mol. The predicted octanol–water partition coefficient (Wildman–Crippen LogP) is 3.07. The number of amides is 2. The van der Waals surface area contributed by atoms with E-state index in [1.54, 1.807) is 0 Å². The van der Waals surface area contributed by atoms with Crippen molar-refractivity contribution < 1.29 is 14.7 Å². The van der Waals surface area contributed by atoms with Gasteiger partial charge in [0, 0.05) is 12.2 Å². The third-order valence-electron chi connectivity index (χ3n) is 4.42. The monoisotopic (exact) mass is 290 g/mol. The molecule has 0 aromatic heterocycles. The highest BCUT2D eigenvalue weighted by Gasteiger charge is 2.39. The maximum atomic E-state index is 12.0. The van der Waals surface area contributed by atoms with Crippen LogP contribution in [0.3, 0.4) is 0 Å². The average molecular weight is 290 g/mol. The zero-order valence-corrected chi connectivity index (χ0v) is 12.5. The Balaban J connectivity index is 1.90. The number of carboxylic acids is 1. The van der Waals surface area contributed by atoms with E-state index in [9.17, 15) is 9.59 Å². The van der Waals surface area contributed by atoms with Gasteiger partial charge < -0.3 is 15.7 Å². The Labute approximate surface area is 124 Å². The van der Waals surface area contributed by atoms with Gasteiger partial charge in [-0.1, -0.05) is 18.6 Å². The molecule has 0 atom stereocenters. The first-order valence-electron chi connectivity index (χ1n) is 7.25. The summed E-state index contributed by atoms with van der Waals surface area (Å²) in [6.07, 6.45) is 2.89.